The summed E-state index contributed by atoms with van der Waals surface area (Å²) in [6.45, 7) is 4.90. The molecule has 0 radical (unpaired) electrons. The number of sulfonamides is 1. The zero-order valence-corrected chi connectivity index (χ0v) is 18.7. The Bertz CT molecular complexity index is 771. The van der Waals surface area contributed by atoms with Crippen LogP contribution in [0.15, 0.2) is 0 Å². The summed E-state index contributed by atoms with van der Waals surface area (Å²) in [4.78, 5) is 28.9. The van der Waals surface area contributed by atoms with Gasteiger partial charge < -0.3 is 4.90 Å². The van der Waals surface area contributed by atoms with Crippen molar-refractivity contribution < 1.29 is 18.0 Å². The van der Waals surface area contributed by atoms with Gasteiger partial charge in [-0.3, -0.25) is 9.69 Å². The quantitative estimate of drug-likeness (QED) is 0.734. The van der Waals surface area contributed by atoms with Crippen LogP contribution in [0.4, 0.5) is 4.79 Å². The van der Waals surface area contributed by atoms with Crippen molar-refractivity contribution in [3.63, 3.8) is 0 Å². The molecule has 0 spiro atoms. The lowest BCUT2D eigenvalue weighted by molar-refractivity contribution is -0.139. The number of nitrogens with zero attached hydrogens (tertiary/aromatic N) is 2. The van der Waals surface area contributed by atoms with Gasteiger partial charge in [-0.15, -0.1) is 0 Å². The molecule has 0 aromatic heterocycles. The van der Waals surface area contributed by atoms with Crippen LogP contribution in [0.1, 0.15) is 71.6 Å². The number of rotatable bonds is 5. The first-order chi connectivity index (χ1) is 13.6. The van der Waals surface area contributed by atoms with Gasteiger partial charge in [0.25, 0.3) is 0 Å². The zero-order valence-electron chi connectivity index (χ0n) is 17.9. The van der Waals surface area contributed by atoms with Gasteiger partial charge in [0.1, 0.15) is 0 Å². The molecule has 0 aromatic carbocycles. The first-order valence-corrected chi connectivity index (χ1v) is 12.8. The lowest BCUT2D eigenvalue weighted by Crippen LogP contribution is -2.63. The maximum Gasteiger partial charge on any atom is 0.326 e. The molecule has 4 rings (SSSR count). The minimum atomic E-state index is -3.46. The molecule has 7 nitrogen and oxygen atoms in total. The molecule has 164 valence electrons. The number of carbonyl (C=O) groups is 2. The molecule has 1 N–H and O–H groups in total. The molecule has 1 saturated heterocycles. The van der Waals surface area contributed by atoms with E-state index in [2.05, 4.69) is 11.6 Å². The monoisotopic (exact) mass is 425 g/mol. The lowest BCUT2D eigenvalue weighted by Gasteiger charge is -2.48. The van der Waals surface area contributed by atoms with Crippen molar-refractivity contribution in [1.29, 1.82) is 0 Å². The first-order valence-electron chi connectivity index (χ1n) is 11.2. The first kappa shape index (κ1) is 21.1. The van der Waals surface area contributed by atoms with Gasteiger partial charge >= 0.3 is 6.03 Å². The van der Waals surface area contributed by atoms with E-state index in [1.54, 1.807) is 7.05 Å². The predicted octanol–water partition coefficient (Wildman–Crippen LogP) is 2.72. The van der Waals surface area contributed by atoms with Crippen LogP contribution >= 0.6 is 0 Å². The van der Waals surface area contributed by atoms with E-state index in [4.69, 9.17) is 0 Å². The Morgan fingerprint density at radius 3 is 2.34 bits per heavy atom. The maximum atomic E-state index is 12.9. The number of nitrogens with one attached hydrogen (secondary N) is 1. The molecular formula is C21H35N3O4S. The summed E-state index contributed by atoms with van der Waals surface area (Å²) in [7, 11) is -1.92. The van der Waals surface area contributed by atoms with Crippen molar-refractivity contribution in [3.8, 4) is 0 Å². The smallest absolute Gasteiger partial charge is 0.320 e. The molecule has 3 saturated carbocycles. The number of amides is 3. The van der Waals surface area contributed by atoms with E-state index in [-0.39, 0.29) is 23.5 Å². The normalized spacial score (nSPS) is 37.4. The van der Waals surface area contributed by atoms with Gasteiger partial charge in [0, 0.05) is 25.2 Å². The van der Waals surface area contributed by atoms with E-state index in [0.29, 0.717) is 31.7 Å². The highest BCUT2D eigenvalue weighted by Crippen LogP contribution is 2.40. The standard InChI is InChI=1S/C21H35N3O4S/c1-14-4-6-15(7-5-14)13-24-18-9-8-16(29(27,28)22-21(2)10-11-21)12-17(18)19(25)23(3)20(24)26/h14-18,22H,4-13H2,1-3H3. The van der Waals surface area contributed by atoms with Crippen molar-refractivity contribution in [2.75, 3.05) is 13.6 Å². The third-order valence-corrected chi connectivity index (χ3v) is 9.85. The second-order valence-electron chi connectivity index (χ2n) is 10.3. The number of urea groups is 1. The SMILES string of the molecule is CC1CCC(CN2C(=O)N(C)C(=O)C3CC(S(=O)(=O)NC4(C)CC4)CCC32)CC1. The Labute approximate surface area is 174 Å². The van der Waals surface area contributed by atoms with E-state index < -0.39 is 21.2 Å². The van der Waals surface area contributed by atoms with Gasteiger partial charge in [-0.05, 0) is 63.7 Å². The lowest BCUT2D eigenvalue weighted by atomic mass is 9.79. The van der Waals surface area contributed by atoms with Crippen LogP contribution in [-0.2, 0) is 14.8 Å². The fourth-order valence-corrected chi connectivity index (χ4v) is 7.40. The summed E-state index contributed by atoms with van der Waals surface area (Å²) in [5, 5.41) is -0.552. The number of fused-ring (bicyclic) bond motifs is 1. The molecule has 4 aliphatic rings. The van der Waals surface area contributed by atoms with E-state index >= 15 is 0 Å². The van der Waals surface area contributed by atoms with Crippen LogP contribution in [0, 0.1) is 17.8 Å². The zero-order chi connectivity index (χ0) is 21.0. The molecule has 0 aromatic rings. The van der Waals surface area contributed by atoms with Gasteiger partial charge in [0.2, 0.25) is 15.9 Å². The summed E-state index contributed by atoms with van der Waals surface area (Å²) in [5.41, 5.74) is -0.302. The Balaban J connectivity index is 1.48. The van der Waals surface area contributed by atoms with Crippen LogP contribution in [0.5, 0.6) is 0 Å². The molecule has 8 heteroatoms. The predicted molar refractivity (Wildman–Crippen MR) is 111 cm³/mol. The molecule has 4 fully saturated rings. The summed E-state index contributed by atoms with van der Waals surface area (Å²) in [6, 6.07) is -0.367. The molecule has 3 atom stereocenters. The summed E-state index contributed by atoms with van der Waals surface area (Å²) < 4.78 is 28.6. The Hall–Kier alpha value is -1.15. The molecule has 1 aliphatic heterocycles. The fourth-order valence-electron chi connectivity index (χ4n) is 5.43. The van der Waals surface area contributed by atoms with Crippen LogP contribution in [0.2, 0.25) is 0 Å². The number of carbonyl (C=O) groups excluding carboxylic acids is 2. The van der Waals surface area contributed by atoms with Crippen molar-refractivity contribution in [3.05, 3.63) is 0 Å². The molecule has 3 aliphatic carbocycles. The van der Waals surface area contributed by atoms with E-state index in [1.807, 2.05) is 11.8 Å². The third kappa shape index (κ3) is 4.20. The highest BCUT2D eigenvalue weighted by Gasteiger charge is 2.51. The minimum absolute atomic E-state index is 0.159. The Morgan fingerprint density at radius 2 is 1.72 bits per heavy atom. The average molecular weight is 426 g/mol. The number of imide groups is 1. The molecule has 1 heterocycles. The topological polar surface area (TPSA) is 86.8 Å². The van der Waals surface area contributed by atoms with Crippen LogP contribution in [0.3, 0.4) is 0 Å². The number of hydrogen-bond donors (Lipinski definition) is 1. The van der Waals surface area contributed by atoms with Gasteiger partial charge in [-0.2, -0.15) is 0 Å². The van der Waals surface area contributed by atoms with Gasteiger partial charge in [0.05, 0.1) is 11.2 Å². The third-order valence-electron chi connectivity index (χ3n) is 7.76. The average Bonchev–Trinajstić information content (AvgIpc) is 3.40. The van der Waals surface area contributed by atoms with Crippen molar-refractivity contribution in [1.82, 2.24) is 14.5 Å². The molecule has 0 bridgehead atoms. The number of hydrogen-bond acceptors (Lipinski definition) is 4. The summed E-state index contributed by atoms with van der Waals surface area (Å²) >= 11 is 0. The van der Waals surface area contributed by atoms with E-state index in [1.165, 1.54) is 17.7 Å². The summed E-state index contributed by atoms with van der Waals surface area (Å²) in [6.07, 6.45) is 7.78. The van der Waals surface area contributed by atoms with E-state index in [9.17, 15) is 18.0 Å². The van der Waals surface area contributed by atoms with Crippen LogP contribution < -0.4 is 4.72 Å². The molecular weight excluding hydrogens is 390 g/mol. The Kier molecular flexibility index (Phi) is 5.47. The highest BCUT2D eigenvalue weighted by molar-refractivity contribution is 7.90. The highest BCUT2D eigenvalue weighted by atomic mass is 32.2. The van der Waals surface area contributed by atoms with Crippen LogP contribution in [0.25, 0.3) is 0 Å². The maximum absolute atomic E-state index is 12.9. The summed E-state index contributed by atoms with van der Waals surface area (Å²) in [5.74, 6) is 0.603. The second-order valence-corrected chi connectivity index (χ2v) is 12.2. The largest absolute Gasteiger partial charge is 0.326 e. The van der Waals surface area contributed by atoms with Gasteiger partial charge in [-0.1, -0.05) is 19.8 Å². The van der Waals surface area contributed by atoms with Crippen molar-refractivity contribution in [2.45, 2.75) is 88.5 Å². The molecule has 3 amide bonds. The Morgan fingerprint density at radius 1 is 1.07 bits per heavy atom. The van der Waals surface area contributed by atoms with Crippen LogP contribution in [-0.4, -0.2) is 60.6 Å². The molecule has 29 heavy (non-hydrogen) atoms. The fraction of sp³-hybridized carbons (Fsp3) is 0.905. The van der Waals surface area contributed by atoms with Gasteiger partial charge in [0.15, 0.2) is 0 Å². The van der Waals surface area contributed by atoms with Crippen molar-refractivity contribution >= 4 is 22.0 Å². The molecule has 3 unspecified atom stereocenters. The van der Waals surface area contributed by atoms with Gasteiger partial charge in [-0.25, -0.2) is 17.9 Å². The van der Waals surface area contributed by atoms with Crippen molar-refractivity contribution in [2.24, 2.45) is 17.8 Å². The second kappa shape index (κ2) is 7.52. The van der Waals surface area contributed by atoms with E-state index in [0.717, 1.165) is 31.6 Å². The minimum Gasteiger partial charge on any atom is -0.320 e.